The van der Waals surface area contributed by atoms with Crippen molar-refractivity contribution in [2.45, 2.75) is 96.0 Å². The Morgan fingerprint density at radius 2 is 0.963 bits per heavy atom. The molecule has 443 valence electrons. The molecule has 0 N–H and O–H groups in total. The van der Waals surface area contributed by atoms with Crippen molar-refractivity contribution < 1.29 is 128 Å². The number of carboxylic acid groups (broad SMARTS) is 5. The second-order valence-corrected chi connectivity index (χ2v) is 20.0. The molecule has 0 aromatic heterocycles. The monoisotopic (exact) mass is 1300 g/mol. The molecule has 82 heavy (non-hydrogen) atoms. The third-order valence-electron chi connectivity index (χ3n) is 12.7. The largest absolute Gasteiger partial charge is 3.00 e. The van der Waals surface area contributed by atoms with Crippen molar-refractivity contribution in [3.05, 3.63) is 143 Å². The van der Waals surface area contributed by atoms with E-state index in [1.165, 1.54) is 16.0 Å². The van der Waals surface area contributed by atoms with Crippen LogP contribution in [0.5, 0.6) is 28.7 Å². The maximum atomic E-state index is 11.9. The maximum absolute atomic E-state index is 11.9. The van der Waals surface area contributed by atoms with Gasteiger partial charge in [-0.25, -0.2) is 0 Å². The normalized spacial score (nSPS) is 11.9. The number of ether oxygens (including phenoxy) is 5. The maximum Gasteiger partial charge on any atom is 3.00 e. The molecule has 5 aromatic rings. The van der Waals surface area contributed by atoms with E-state index in [1.807, 2.05) is 25.1 Å². The van der Waals surface area contributed by atoms with Gasteiger partial charge in [0.15, 0.2) is 6.10 Å². The molecule has 0 bridgehead atoms. The van der Waals surface area contributed by atoms with E-state index < -0.39 is 74.7 Å². The van der Waals surface area contributed by atoms with E-state index in [4.69, 9.17) is 28.0 Å². The van der Waals surface area contributed by atoms with E-state index in [-0.39, 0.29) is 91.6 Å². The summed E-state index contributed by atoms with van der Waals surface area (Å²) in [5, 5.41) is 73.0. The number of aryl methyl sites for hydroxylation is 3. The first-order valence-electron chi connectivity index (χ1n) is 26.5. The molecule has 0 aliphatic rings. The van der Waals surface area contributed by atoms with Crippen LogP contribution in [0.15, 0.2) is 114 Å². The zero-order chi connectivity index (χ0) is 58.5. The predicted molar refractivity (Wildman–Crippen MR) is 283 cm³/mol. The quantitative estimate of drug-likeness (QED) is 0.0293. The van der Waals surface area contributed by atoms with Gasteiger partial charge in [0.2, 0.25) is 0 Å². The Hall–Kier alpha value is -6.12. The summed E-state index contributed by atoms with van der Waals surface area (Å²) in [6.45, 7) is 1.50. The van der Waals surface area contributed by atoms with Crippen LogP contribution in [0.3, 0.4) is 0 Å². The zero-order valence-corrected chi connectivity index (χ0v) is 49.0. The number of hydrogen-bond acceptors (Lipinski definition) is 22. The number of benzene rings is 5. The van der Waals surface area contributed by atoms with Gasteiger partial charge in [-0.3, -0.25) is 19.7 Å². The van der Waals surface area contributed by atoms with Gasteiger partial charge in [-0.1, -0.05) is 87.4 Å². The van der Waals surface area contributed by atoms with E-state index in [0.717, 1.165) is 65.0 Å². The van der Waals surface area contributed by atoms with Crippen molar-refractivity contribution in [1.82, 2.24) is 14.7 Å². The van der Waals surface area contributed by atoms with Gasteiger partial charge in [-0.15, -0.1) is 0 Å². The van der Waals surface area contributed by atoms with Crippen LogP contribution in [0.2, 0.25) is 0 Å². The summed E-state index contributed by atoms with van der Waals surface area (Å²) in [4.78, 5) is 61.9. The molecule has 0 spiro atoms. The first kappa shape index (κ1) is 68.4. The molecule has 0 aliphatic heterocycles. The van der Waals surface area contributed by atoms with Crippen LogP contribution < -0.4 is 54.5 Å². The molecule has 2 unspecified atom stereocenters. The van der Waals surface area contributed by atoms with Gasteiger partial charge in [0.05, 0.1) is 46.8 Å². The molecule has 5 rings (SSSR count). The van der Waals surface area contributed by atoms with Gasteiger partial charge in [0.1, 0.15) is 55.2 Å². The van der Waals surface area contributed by atoms with Crippen molar-refractivity contribution in [2.75, 3.05) is 65.6 Å². The molecule has 0 saturated carbocycles. The Balaban J connectivity index is 0.0000144. The molecule has 21 nitrogen and oxygen atoms in total. The molecule has 23 heteroatoms. The molecule has 0 heterocycles. The van der Waals surface area contributed by atoms with Gasteiger partial charge in [-0.2, -0.15) is 4.33 Å². The SMILES string of the molecule is CCCCc1ccc(COc2ccc(OCC(COc3ccc(OCc4ccc(CCCC)cc4)cc3SOO[O-])Oc3ccc(CC(CN(CCN(CC(=O)[O-])CC(=O)[O-])CC(=O)[O-])N(CC(=O)[O-])CC(=O)[O-])cc3)c(C)c2)cc1.[Gd+3]. The molecule has 0 amide bonds. The van der Waals surface area contributed by atoms with Crippen LogP contribution in [-0.4, -0.2) is 122 Å². The third kappa shape index (κ3) is 26.0. The first-order valence-corrected chi connectivity index (χ1v) is 27.2. The zero-order valence-electron chi connectivity index (χ0n) is 45.9. The van der Waals surface area contributed by atoms with Gasteiger partial charge in [-0.05, 0) is 121 Å². The molecule has 1 radical (unpaired) electrons. The third-order valence-corrected chi connectivity index (χ3v) is 13.3. The van der Waals surface area contributed by atoms with E-state index in [2.05, 4.69) is 55.3 Å². The van der Waals surface area contributed by atoms with Gasteiger partial charge >= 0.3 is 39.9 Å². The summed E-state index contributed by atoms with van der Waals surface area (Å²) < 4.78 is 36.0. The number of hydrogen-bond donors (Lipinski definition) is 0. The van der Waals surface area contributed by atoms with Crippen molar-refractivity contribution in [3.8, 4) is 28.7 Å². The Kier molecular flexibility index (Phi) is 31.0. The fraction of sp³-hybridized carbons (Fsp3) is 0.407. The average Bonchev–Trinajstić information content (AvgIpc) is 3.54. The number of rotatable bonds is 41. The van der Waals surface area contributed by atoms with Crippen LogP contribution in [0.4, 0.5) is 0 Å². The standard InChI is InChI=1S/C59H73N3O18S.Gd/c1-4-6-8-42-10-14-45(15-11-42)37-74-49-22-24-52(41(3)28-49)76-39-51(40-77-53-25-23-50(30-54(53)81-80-79-73)75-38-46-16-12-43(13-17-46)9-7-5-2)78-48-20-18-44(19-21-48)29-47(62(35-58(69)70)36-59(71)72)31-60(32-55(63)64)26-27-61(33-56(65)66)34-57(67)68;/h10-25,28,30,47,51,73H,4-9,26-27,29,31-40H2,1-3H3,(H,63,64)(H,65,66)(H,67,68)(H,69,70)(H,71,72);/q;+3/p-6. The first-order chi connectivity index (χ1) is 39.0. The predicted octanol–water partition coefficient (Wildman–Crippen LogP) is 0.541. The summed E-state index contributed by atoms with van der Waals surface area (Å²) in [5.74, 6) is -5.85. The van der Waals surface area contributed by atoms with E-state index in [1.54, 1.807) is 54.6 Å². The number of carboxylic acids is 5. The van der Waals surface area contributed by atoms with E-state index >= 15 is 0 Å². The molecule has 0 aliphatic carbocycles. The Bertz CT molecular complexity index is 2720. The van der Waals surface area contributed by atoms with Crippen molar-refractivity contribution in [3.63, 3.8) is 0 Å². The smallest absolute Gasteiger partial charge is 0.691 e. The van der Waals surface area contributed by atoms with Crippen LogP contribution in [-0.2, 0) is 65.8 Å². The summed E-state index contributed by atoms with van der Waals surface area (Å²) in [5.41, 5.74) is 5.78. The summed E-state index contributed by atoms with van der Waals surface area (Å²) in [7, 11) is 0. The number of unbranched alkanes of at least 4 members (excludes halogenated alkanes) is 2. The second kappa shape index (κ2) is 37.2. The number of carbonyl (C=O) groups is 5. The minimum Gasteiger partial charge on any atom is -0.691 e. The van der Waals surface area contributed by atoms with E-state index in [9.17, 15) is 54.8 Å². The van der Waals surface area contributed by atoms with Crippen LogP contribution in [0.1, 0.15) is 72.9 Å². The number of carbonyl (C=O) groups excluding carboxylic acids is 5. The Labute approximate surface area is 513 Å². The van der Waals surface area contributed by atoms with Gasteiger partial charge in [0, 0.05) is 58.4 Å². The fourth-order valence-corrected chi connectivity index (χ4v) is 9.04. The molecular weight excluding hydrogens is 1230 g/mol. The number of aliphatic carboxylic acids is 5. The number of nitrogens with zero attached hydrogens (tertiary/aromatic N) is 3. The van der Waals surface area contributed by atoms with Crippen LogP contribution >= 0.6 is 12.0 Å². The second-order valence-electron chi connectivity index (χ2n) is 19.2. The molecule has 0 fully saturated rings. The molecular formula is C59H67GdN3O18S-3. The van der Waals surface area contributed by atoms with Gasteiger partial charge < -0.3 is 78.4 Å². The summed E-state index contributed by atoms with van der Waals surface area (Å²) >= 11 is 0.612. The van der Waals surface area contributed by atoms with Crippen molar-refractivity contribution >= 4 is 41.9 Å². The average molecular weight is 1300 g/mol. The summed E-state index contributed by atoms with van der Waals surface area (Å²) in [6.07, 6.45) is 5.54. The Morgan fingerprint density at radius 1 is 0.524 bits per heavy atom. The van der Waals surface area contributed by atoms with Crippen molar-refractivity contribution in [2.24, 2.45) is 0 Å². The molecule has 2 atom stereocenters. The van der Waals surface area contributed by atoms with Crippen molar-refractivity contribution in [1.29, 1.82) is 0 Å². The van der Waals surface area contributed by atoms with E-state index in [0.29, 0.717) is 52.1 Å². The minimum absolute atomic E-state index is 0. The molecule has 5 aromatic carbocycles. The minimum atomic E-state index is -1.64. The Morgan fingerprint density at radius 3 is 1.45 bits per heavy atom. The van der Waals surface area contributed by atoms with Crippen LogP contribution in [0, 0.1) is 46.9 Å². The fourth-order valence-electron chi connectivity index (χ4n) is 8.57. The summed E-state index contributed by atoms with van der Waals surface area (Å²) in [6, 6.07) is 32.3. The van der Waals surface area contributed by atoms with Gasteiger partial charge in [0.25, 0.3) is 0 Å². The topological polar surface area (TPSA) is 298 Å². The van der Waals surface area contributed by atoms with Crippen LogP contribution in [0.25, 0.3) is 0 Å². The molecule has 0 saturated heterocycles.